The van der Waals surface area contributed by atoms with Gasteiger partial charge in [0, 0.05) is 25.8 Å². The number of aliphatic carboxylic acids is 1. The first kappa shape index (κ1) is 25.8. The van der Waals surface area contributed by atoms with E-state index in [4.69, 9.17) is 9.47 Å². The molecular formula is C29H30N2O6. The molecular weight excluding hydrogens is 472 g/mol. The highest BCUT2D eigenvalue weighted by atomic mass is 16.5. The Balaban J connectivity index is 1.19. The molecule has 0 saturated carbocycles. The van der Waals surface area contributed by atoms with E-state index in [0.717, 1.165) is 5.56 Å². The minimum atomic E-state index is -1.10. The SMILES string of the molecule is CC(=O)N[C@@H](Cc1cccc(OCCCNC(=O)OCC2c3ccccc3-c3ccccc32)c1)C(=O)O. The van der Waals surface area contributed by atoms with E-state index in [1.54, 1.807) is 24.3 Å². The van der Waals surface area contributed by atoms with Gasteiger partial charge in [-0.25, -0.2) is 9.59 Å². The predicted octanol–water partition coefficient (Wildman–Crippen LogP) is 4.13. The Morgan fingerprint density at radius 3 is 2.27 bits per heavy atom. The van der Waals surface area contributed by atoms with Crippen LogP contribution in [0.15, 0.2) is 72.8 Å². The molecule has 0 fully saturated rings. The smallest absolute Gasteiger partial charge is 0.407 e. The number of rotatable bonds is 11. The molecule has 8 nitrogen and oxygen atoms in total. The summed E-state index contributed by atoms with van der Waals surface area (Å²) in [7, 11) is 0. The van der Waals surface area contributed by atoms with E-state index in [-0.39, 0.29) is 18.9 Å². The number of carboxylic acids is 1. The molecule has 0 radical (unpaired) electrons. The zero-order valence-corrected chi connectivity index (χ0v) is 20.6. The van der Waals surface area contributed by atoms with Crippen LogP contribution in [0.5, 0.6) is 5.75 Å². The molecule has 1 aliphatic carbocycles. The molecule has 2 amide bonds. The number of carboxylic acid groups (broad SMARTS) is 1. The zero-order valence-electron chi connectivity index (χ0n) is 20.6. The number of hydrogen-bond donors (Lipinski definition) is 3. The van der Waals surface area contributed by atoms with Crippen molar-refractivity contribution in [2.24, 2.45) is 0 Å². The second kappa shape index (κ2) is 12.1. The Morgan fingerprint density at radius 2 is 1.62 bits per heavy atom. The molecule has 1 atom stereocenters. The highest BCUT2D eigenvalue weighted by Gasteiger charge is 2.29. The molecule has 192 valence electrons. The van der Waals surface area contributed by atoms with Crippen LogP contribution in [0.1, 0.15) is 36.0 Å². The summed E-state index contributed by atoms with van der Waals surface area (Å²) >= 11 is 0. The number of nitrogens with one attached hydrogen (secondary N) is 2. The standard InChI is InChI=1S/C29H30N2O6/c1-19(32)31-27(28(33)34)17-20-8-6-9-21(16-20)36-15-7-14-30-29(35)37-18-26-24-12-4-2-10-22(24)23-11-3-5-13-25(23)26/h2-6,8-13,16,26-27H,7,14-15,17-18H2,1H3,(H,30,35)(H,31,32)(H,33,34)/t27-/m0/s1. The fraction of sp³-hybridized carbons (Fsp3) is 0.276. The maximum Gasteiger partial charge on any atom is 0.407 e. The third-order valence-corrected chi connectivity index (χ3v) is 6.22. The van der Waals surface area contributed by atoms with Crippen molar-refractivity contribution >= 4 is 18.0 Å². The van der Waals surface area contributed by atoms with Crippen LogP contribution < -0.4 is 15.4 Å². The predicted molar refractivity (Wildman–Crippen MR) is 139 cm³/mol. The molecule has 0 aliphatic heterocycles. The Morgan fingerprint density at radius 1 is 0.946 bits per heavy atom. The summed E-state index contributed by atoms with van der Waals surface area (Å²) in [5, 5.41) is 14.5. The highest BCUT2D eigenvalue weighted by molar-refractivity contribution is 5.82. The van der Waals surface area contributed by atoms with E-state index in [1.165, 1.54) is 29.2 Å². The average Bonchev–Trinajstić information content (AvgIpc) is 3.20. The highest BCUT2D eigenvalue weighted by Crippen LogP contribution is 2.44. The van der Waals surface area contributed by atoms with Crippen LogP contribution in [0, 0.1) is 0 Å². The van der Waals surface area contributed by atoms with Crippen LogP contribution in [0.2, 0.25) is 0 Å². The Bertz CT molecular complexity index is 1230. The molecule has 0 heterocycles. The summed E-state index contributed by atoms with van der Waals surface area (Å²) in [4.78, 5) is 34.9. The molecule has 0 unspecified atom stereocenters. The number of carbonyl (C=O) groups excluding carboxylic acids is 2. The van der Waals surface area contributed by atoms with Gasteiger partial charge < -0.3 is 25.2 Å². The first-order valence-electron chi connectivity index (χ1n) is 12.2. The number of hydrogen-bond acceptors (Lipinski definition) is 5. The maximum atomic E-state index is 12.3. The average molecular weight is 503 g/mol. The summed E-state index contributed by atoms with van der Waals surface area (Å²) in [6.45, 7) is 2.30. The van der Waals surface area contributed by atoms with Crippen LogP contribution >= 0.6 is 0 Å². The quantitative estimate of drug-likeness (QED) is 0.340. The molecule has 37 heavy (non-hydrogen) atoms. The van der Waals surface area contributed by atoms with Crippen LogP contribution in [-0.4, -0.2) is 48.9 Å². The number of amides is 2. The van der Waals surface area contributed by atoms with Gasteiger partial charge in [0.1, 0.15) is 18.4 Å². The van der Waals surface area contributed by atoms with Gasteiger partial charge in [-0.2, -0.15) is 0 Å². The second-order valence-electron chi connectivity index (χ2n) is 8.90. The second-order valence-corrected chi connectivity index (χ2v) is 8.90. The van der Waals surface area contributed by atoms with Crippen molar-refractivity contribution in [3.8, 4) is 16.9 Å². The number of fused-ring (bicyclic) bond motifs is 3. The van der Waals surface area contributed by atoms with Gasteiger partial charge in [0.15, 0.2) is 0 Å². The van der Waals surface area contributed by atoms with Gasteiger partial charge in [0.2, 0.25) is 5.91 Å². The molecule has 0 aromatic heterocycles. The molecule has 3 aromatic rings. The van der Waals surface area contributed by atoms with Crippen LogP contribution in [0.25, 0.3) is 11.1 Å². The van der Waals surface area contributed by atoms with Crippen LogP contribution in [0.3, 0.4) is 0 Å². The third kappa shape index (κ3) is 6.67. The van der Waals surface area contributed by atoms with Crippen molar-refractivity contribution in [1.29, 1.82) is 0 Å². The van der Waals surface area contributed by atoms with Gasteiger partial charge in [-0.05, 0) is 46.4 Å². The number of carbonyl (C=O) groups is 3. The van der Waals surface area contributed by atoms with Gasteiger partial charge >= 0.3 is 12.1 Å². The first-order valence-corrected chi connectivity index (χ1v) is 12.2. The van der Waals surface area contributed by atoms with Crippen molar-refractivity contribution in [3.05, 3.63) is 89.5 Å². The lowest BCUT2D eigenvalue weighted by Gasteiger charge is -2.15. The largest absolute Gasteiger partial charge is 0.494 e. The van der Waals surface area contributed by atoms with Gasteiger partial charge in [-0.15, -0.1) is 0 Å². The zero-order chi connectivity index (χ0) is 26.2. The monoisotopic (exact) mass is 502 g/mol. The summed E-state index contributed by atoms with van der Waals surface area (Å²) in [6.07, 6.45) is 0.245. The summed E-state index contributed by atoms with van der Waals surface area (Å²) in [5.74, 6) is -0.893. The van der Waals surface area contributed by atoms with Crippen molar-refractivity contribution in [2.45, 2.75) is 31.7 Å². The van der Waals surface area contributed by atoms with Crippen molar-refractivity contribution in [1.82, 2.24) is 10.6 Å². The molecule has 4 rings (SSSR count). The number of benzene rings is 3. The van der Waals surface area contributed by atoms with E-state index >= 15 is 0 Å². The minimum Gasteiger partial charge on any atom is -0.494 e. The normalized spacial score (nSPS) is 12.7. The molecule has 1 aliphatic rings. The molecule has 3 aromatic carbocycles. The first-order chi connectivity index (χ1) is 17.9. The van der Waals surface area contributed by atoms with Crippen molar-refractivity contribution < 1.29 is 29.0 Å². The molecule has 0 bridgehead atoms. The number of alkyl carbamates (subject to hydrolysis) is 1. The maximum absolute atomic E-state index is 12.3. The van der Waals surface area contributed by atoms with E-state index in [1.807, 2.05) is 24.3 Å². The molecule has 0 spiro atoms. The molecule has 0 saturated heterocycles. The van der Waals surface area contributed by atoms with Gasteiger partial charge in [0.05, 0.1) is 6.61 Å². The lowest BCUT2D eigenvalue weighted by atomic mass is 9.98. The van der Waals surface area contributed by atoms with E-state index < -0.39 is 24.0 Å². The molecule has 3 N–H and O–H groups in total. The van der Waals surface area contributed by atoms with Crippen molar-refractivity contribution in [3.63, 3.8) is 0 Å². The lowest BCUT2D eigenvalue weighted by Crippen LogP contribution is -2.41. The van der Waals surface area contributed by atoms with Crippen LogP contribution in [0.4, 0.5) is 4.79 Å². The van der Waals surface area contributed by atoms with E-state index in [2.05, 4.69) is 34.9 Å². The topological polar surface area (TPSA) is 114 Å². The minimum absolute atomic E-state index is 0.0140. The lowest BCUT2D eigenvalue weighted by molar-refractivity contribution is -0.141. The Hall–Kier alpha value is -4.33. The van der Waals surface area contributed by atoms with E-state index in [9.17, 15) is 19.5 Å². The summed E-state index contributed by atoms with van der Waals surface area (Å²) in [5.41, 5.74) is 5.43. The molecule has 8 heteroatoms. The fourth-order valence-corrected chi connectivity index (χ4v) is 4.55. The summed E-state index contributed by atoms with van der Waals surface area (Å²) in [6, 6.07) is 22.4. The van der Waals surface area contributed by atoms with Gasteiger partial charge in [-0.3, -0.25) is 4.79 Å². The van der Waals surface area contributed by atoms with Gasteiger partial charge in [0.25, 0.3) is 0 Å². The van der Waals surface area contributed by atoms with Crippen LogP contribution in [-0.2, 0) is 20.7 Å². The van der Waals surface area contributed by atoms with E-state index in [0.29, 0.717) is 25.3 Å². The Labute approximate surface area is 215 Å². The fourth-order valence-electron chi connectivity index (χ4n) is 4.55. The van der Waals surface area contributed by atoms with Gasteiger partial charge in [-0.1, -0.05) is 60.7 Å². The van der Waals surface area contributed by atoms with Crippen molar-refractivity contribution in [2.75, 3.05) is 19.8 Å². The third-order valence-electron chi connectivity index (χ3n) is 6.22. The Kier molecular flexibility index (Phi) is 8.40. The number of ether oxygens (including phenoxy) is 2. The summed E-state index contributed by atoms with van der Waals surface area (Å²) < 4.78 is 11.3.